The van der Waals surface area contributed by atoms with E-state index in [1.54, 1.807) is 0 Å². The molecule has 0 fully saturated rings. The van der Waals surface area contributed by atoms with Gasteiger partial charge in [0.05, 0.1) is 13.7 Å². The normalized spacial score (nSPS) is 12.4. The molecular weight excluding hydrogens is 206 g/mol. The van der Waals surface area contributed by atoms with Gasteiger partial charge in [0.15, 0.2) is 0 Å². The number of hydroxylamine groups is 1. The Morgan fingerprint density at radius 2 is 2.00 bits per heavy atom. The maximum Gasteiger partial charge on any atom is 0.119 e. The number of rotatable bonds is 7. The van der Waals surface area contributed by atoms with Gasteiger partial charge in [-0.2, -0.15) is 0 Å². The van der Waals surface area contributed by atoms with Crippen LogP contribution >= 0.6 is 0 Å². The molecule has 0 amide bonds. The largest absolute Gasteiger partial charge is 0.491 e. The summed E-state index contributed by atoms with van der Waals surface area (Å²) < 4.78 is 5.42. The highest BCUT2D eigenvalue weighted by Crippen LogP contribution is 2.12. The van der Waals surface area contributed by atoms with Crippen molar-refractivity contribution in [1.29, 1.82) is 0 Å². The number of hydrogen-bond acceptors (Lipinski definition) is 4. The highest BCUT2D eigenvalue weighted by atomic mass is 16.6. The van der Waals surface area contributed by atoms with Crippen molar-refractivity contribution >= 4 is 0 Å². The highest BCUT2D eigenvalue weighted by Gasteiger charge is 2.04. The molecule has 4 heteroatoms. The first-order valence-corrected chi connectivity index (χ1v) is 5.42. The first-order chi connectivity index (χ1) is 7.76. The minimum atomic E-state index is -0.578. The summed E-state index contributed by atoms with van der Waals surface area (Å²) in [7, 11) is 1.51. The quantitative estimate of drug-likeness (QED) is 0.683. The molecule has 1 rings (SSSR count). The van der Waals surface area contributed by atoms with Crippen molar-refractivity contribution in [2.45, 2.75) is 19.4 Å². The van der Waals surface area contributed by atoms with Crippen molar-refractivity contribution in [2.24, 2.45) is 0 Å². The van der Waals surface area contributed by atoms with Crippen LogP contribution in [0.25, 0.3) is 0 Å². The third-order valence-corrected chi connectivity index (χ3v) is 2.24. The van der Waals surface area contributed by atoms with E-state index >= 15 is 0 Å². The maximum absolute atomic E-state index is 9.47. The number of aryl methyl sites for hydroxylation is 1. The molecule has 0 aliphatic heterocycles. The van der Waals surface area contributed by atoms with Crippen LogP contribution in [0.1, 0.15) is 12.5 Å². The molecule has 0 aliphatic rings. The van der Waals surface area contributed by atoms with Gasteiger partial charge in [-0.1, -0.05) is 19.1 Å². The fourth-order valence-corrected chi connectivity index (χ4v) is 1.25. The topological polar surface area (TPSA) is 50.7 Å². The van der Waals surface area contributed by atoms with Crippen LogP contribution in [0.2, 0.25) is 0 Å². The average molecular weight is 225 g/mol. The Hall–Kier alpha value is -1.10. The number of aliphatic hydroxyl groups is 1. The second kappa shape index (κ2) is 7.22. The molecule has 0 radical (unpaired) electrons. The zero-order chi connectivity index (χ0) is 11.8. The molecule has 0 saturated heterocycles. The van der Waals surface area contributed by atoms with Crippen LogP contribution in [0.15, 0.2) is 24.3 Å². The molecule has 0 heterocycles. The fraction of sp³-hybridized carbons (Fsp3) is 0.500. The van der Waals surface area contributed by atoms with Gasteiger partial charge in [-0.25, -0.2) is 5.48 Å². The van der Waals surface area contributed by atoms with Crippen LogP contribution in [0.5, 0.6) is 5.75 Å². The lowest BCUT2D eigenvalue weighted by atomic mass is 10.2. The van der Waals surface area contributed by atoms with E-state index in [4.69, 9.17) is 4.74 Å². The van der Waals surface area contributed by atoms with E-state index in [-0.39, 0.29) is 6.61 Å². The minimum absolute atomic E-state index is 0.252. The molecule has 0 saturated carbocycles. The number of nitrogens with one attached hydrogen (secondary N) is 1. The van der Waals surface area contributed by atoms with Crippen molar-refractivity contribution in [2.75, 3.05) is 20.3 Å². The van der Waals surface area contributed by atoms with Gasteiger partial charge in [0, 0.05) is 0 Å². The standard InChI is InChI=1S/C12H19NO3/c1-3-10-4-6-12(7-5-10)16-9-11(14)8-13-15-2/h4-7,11,13-14H,3,8-9H2,1-2H3. The first kappa shape index (κ1) is 13.0. The summed E-state index contributed by atoms with van der Waals surface area (Å²) in [6.45, 7) is 2.71. The van der Waals surface area contributed by atoms with Gasteiger partial charge in [0.1, 0.15) is 18.5 Å². The molecule has 0 spiro atoms. The average Bonchev–Trinajstić information content (AvgIpc) is 2.34. The summed E-state index contributed by atoms with van der Waals surface area (Å²) in [4.78, 5) is 4.63. The van der Waals surface area contributed by atoms with Crippen LogP contribution in [-0.4, -0.2) is 31.5 Å². The van der Waals surface area contributed by atoms with E-state index in [1.807, 2.05) is 24.3 Å². The molecular formula is C12H19NO3. The fourth-order valence-electron chi connectivity index (χ4n) is 1.25. The lowest BCUT2D eigenvalue weighted by molar-refractivity contribution is 0.0322. The molecule has 0 aromatic heterocycles. The Kier molecular flexibility index (Phi) is 5.85. The van der Waals surface area contributed by atoms with Gasteiger partial charge >= 0.3 is 0 Å². The molecule has 0 bridgehead atoms. The molecule has 2 N–H and O–H groups in total. The van der Waals surface area contributed by atoms with Crippen LogP contribution in [0.4, 0.5) is 0 Å². The van der Waals surface area contributed by atoms with Crippen molar-refractivity contribution in [3.63, 3.8) is 0 Å². The molecule has 1 aromatic carbocycles. The van der Waals surface area contributed by atoms with Crippen LogP contribution in [0, 0.1) is 0 Å². The second-order valence-corrected chi connectivity index (χ2v) is 3.51. The van der Waals surface area contributed by atoms with E-state index in [1.165, 1.54) is 12.7 Å². The monoisotopic (exact) mass is 225 g/mol. The van der Waals surface area contributed by atoms with Crippen LogP contribution in [-0.2, 0) is 11.3 Å². The number of aliphatic hydroxyl groups excluding tert-OH is 1. The van der Waals surface area contributed by atoms with Gasteiger partial charge in [-0.3, -0.25) is 0 Å². The SMILES string of the molecule is CCc1ccc(OCC(O)CNOC)cc1. The molecule has 90 valence electrons. The van der Waals surface area contributed by atoms with Gasteiger partial charge in [0.2, 0.25) is 0 Å². The van der Waals surface area contributed by atoms with E-state index < -0.39 is 6.10 Å². The Labute approximate surface area is 96.1 Å². The molecule has 4 nitrogen and oxygen atoms in total. The van der Waals surface area contributed by atoms with Crippen LogP contribution in [0.3, 0.4) is 0 Å². The number of hydrogen-bond donors (Lipinski definition) is 2. The second-order valence-electron chi connectivity index (χ2n) is 3.51. The minimum Gasteiger partial charge on any atom is -0.491 e. The van der Waals surface area contributed by atoms with E-state index in [9.17, 15) is 5.11 Å². The zero-order valence-electron chi connectivity index (χ0n) is 9.77. The van der Waals surface area contributed by atoms with Crippen molar-refractivity contribution in [3.8, 4) is 5.75 Å². The third kappa shape index (κ3) is 4.61. The summed E-state index contributed by atoms with van der Waals surface area (Å²) in [5.74, 6) is 0.772. The summed E-state index contributed by atoms with van der Waals surface area (Å²) in [6, 6.07) is 7.87. The molecule has 16 heavy (non-hydrogen) atoms. The summed E-state index contributed by atoms with van der Waals surface area (Å²) >= 11 is 0. The van der Waals surface area contributed by atoms with Crippen LogP contribution < -0.4 is 10.2 Å². The molecule has 1 atom stereocenters. The van der Waals surface area contributed by atoms with Crippen molar-refractivity contribution in [3.05, 3.63) is 29.8 Å². The predicted octanol–water partition coefficient (Wildman–Crippen LogP) is 1.14. The van der Waals surface area contributed by atoms with E-state index in [0.717, 1.165) is 12.2 Å². The van der Waals surface area contributed by atoms with E-state index in [0.29, 0.717) is 6.54 Å². The van der Waals surface area contributed by atoms with Gasteiger partial charge < -0.3 is 14.7 Å². The maximum atomic E-state index is 9.47. The Morgan fingerprint density at radius 1 is 1.31 bits per heavy atom. The predicted molar refractivity (Wildman–Crippen MR) is 62.3 cm³/mol. The Balaban J connectivity index is 2.30. The van der Waals surface area contributed by atoms with Crippen molar-refractivity contribution < 1.29 is 14.7 Å². The Bertz CT molecular complexity index is 287. The lowest BCUT2D eigenvalue weighted by Crippen LogP contribution is -2.30. The Morgan fingerprint density at radius 3 is 2.56 bits per heavy atom. The summed E-state index contributed by atoms with van der Waals surface area (Å²) in [5.41, 5.74) is 3.84. The highest BCUT2D eigenvalue weighted by molar-refractivity contribution is 5.27. The van der Waals surface area contributed by atoms with Crippen molar-refractivity contribution in [1.82, 2.24) is 5.48 Å². The zero-order valence-corrected chi connectivity index (χ0v) is 9.77. The molecule has 0 aliphatic carbocycles. The smallest absolute Gasteiger partial charge is 0.119 e. The van der Waals surface area contributed by atoms with Gasteiger partial charge in [0.25, 0.3) is 0 Å². The summed E-state index contributed by atoms with van der Waals surface area (Å²) in [5, 5.41) is 9.47. The third-order valence-electron chi connectivity index (χ3n) is 2.24. The van der Waals surface area contributed by atoms with E-state index in [2.05, 4.69) is 17.2 Å². The number of ether oxygens (including phenoxy) is 1. The van der Waals surface area contributed by atoms with Gasteiger partial charge in [-0.15, -0.1) is 0 Å². The molecule has 1 unspecified atom stereocenters. The lowest BCUT2D eigenvalue weighted by Gasteiger charge is -2.12. The summed E-state index contributed by atoms with van der Waals surface area (Å²) in [6.07, 6.45) is 0.437. The van der Waals surface area contributed by atoms with Gasteiger partial charge in [-0.05, 0) is 24.1 Å². The molecule has 1 aromatic rings. The first-order valence-electron chi connectivity index (χ1n) is 5.42. The number of benzene rings is 1.